The van der Waals surface area contributed by atoms with Gasteiger partial charge in [0, 0.05) is 47.8 Å². The molecular weight excluding hydrogens is 408 g/mol. The Morgan fingerprint density at radius 1 is 0.935 bits per heavy atom. The van der Waals surface area contributed by atoms with Gasteiger partial charge in [-0.1, -0.05) is 49.1 Å². The zero-order valence-electron chi connectivity index (χ0n) is 17.8. The van der Waals surface area contributed by atoms with Crippen molar-refractivity contribution in [3.05, 3.63) is 68.6 Å². The van der Waals surface area contributed by atoms with Crippen LogP contribution < -0.4 is 5.56 Å². The second-order valence-electron chi connectivity index (χ2n) is 9.39. The Morgan fingerprint density at radius 3 is 2.48 bits per heavy atom. The minimum Gasteiger partial charge on any atom is -0.341 e. The van der Waals surface area contributed by atoms with Crippen LogP contribution in [0.3, 0.4) is 0 Å². The molecule has 162 valence electrons. The quantitative estimate of drug-likeness (QED) is 0.663. The zero-order valence-corrected chi connectivity index (χ0v) is 18.6. The highest BCUT2D eigenvalue weighted by Gasteiger charge is 2.38. The molecule has 1 saturated heterocycles. The lowest BCUT2D eigenvalue weighted by molar-refractivity contribution is -0.139. The lowest BCUT2D eigenvalue weighted by Crippen LogP contribution is -2.50. The number of benzene rings is 1. The largest absolute Gasteiger partial charge is 0.341 e. The van der Waals surface area contributed by atoms with Gasteiger partial charge in [0.25, 0.3) is 5.56 Å². The van der Waals surface area contributed by atoms with Crippen molar-refractivity contribution in [1.29, 1.82) is 0 Å². The Morgan fingerprint density at radius 2 is 1.71 bits per heavy atom. The monoisotopic (exact) mass is 436 g/mol. The number of amides is 1. The first-order valence-corrected chi connectivity index (χ1v) is 11.9. The van der Waals surface area contributed by atoms with E-state index in [-0.39, 0.29) is 17.4 Å². The van der Waals surface area contributed by atoms with Gasteiger partial charge >= 0.3 is 0 Å². The average Bonchev–Trinajstić information content (AvgIpc) is 2.80. The average molecular weight is 437 g/mol. The third-order valence-electron chi connectivity index (χ3n) is 7.23. The first kappa shape index (κ1) is 20.6. The fourth-order valence-corrected chi connectivity index (χ4v) is 5.76. The fraction of sp³-hybridized carbons (Fsp3) is 0.462. The molecule has 1 amide bonds. The molecule has 0 spiro atoms. The third kappa shape index (κ3) is 4.23. The van der Waals surface area contributed by atoms with Crippen LogP contribution in [0.2, 0.25) is 5.02 Å². The van der Waals surface area contributed by atoms with Crippen molar-refractivity contribution in [3.8, 4) is 0 Å². The van der Waals surface area contributed by atoms with E-state index in [0.717, 1.165) is 43.6 Å². The SMILES string of the molecule is O=C(C1CCCCC1)N1C[C@H]2C[C@H](C1)c1ccc(C=Cc3ccc(Cl)cc3)c(=O)n1C2. The standard InChI is InChI=1S/C26H29ClN2O2/c27-23-11-7-18(8-12-23)6-9-21-10-13-24-22-14-19(16-29(24)26(21)31)15-28(17-22)25(30)20-4-2-1-3-5-20/h6-13,19-20,22H,1-5,14-17H2/t19-,22-/m1/s1. The molecule has 3 heterocycles. The second-order valence-corrected chi connectivity index (χ2v) is 9.83. The second kappa shape index (κ2) is 8.66. The van der Waals surface area contributed by atoms with Crippen LogP contribution in [-0.4, -0.2) is 28.5 Å². The van der Waals surface area contributed by atoms with Crippen LogP contribution in [0.1, 0.15) is 61.3 Å². The molecule has 1 aromatic heterocycles. The Kier molecular flexibility index (Phi) is 5.75. The van der Waals surface area contributed by atoms with Crippen LogP contribution in [0.25, 0.3) is 12.2 Å². The molecule has 3 aliphatic rings. The summed E-state index contributed by atoms with van der Waals surface area (Å²) in [6, 6.07) is 11.6. The van der Waals surface area contributed by atoms with E-state index in [2.05, 4.69) is 11.0 Å². The molecule has 2 bridgehead atoms. The predicted octanol–water partition coefficient (Wildman–Crippen LogP) is 5.20. The van der Waals surface area contributed by atoms with Crippen molar-refractivity contribution < 1.29 is 4.79 Å². The van der Waals surface area contributed by atoms with Gasteiger partial charge in [-0.25, -0.2) is 0 Å². The number of likely N-dealkylation sites (tertiary alicyclic amines) is 1. The molecular formula is C26H29ClN2O2. The molecule has 4 nitrogen and oxygen atoms in total. The molecule has 2 aliphatic heterocycles. The number of carbonyl (C=O) groups excluding carboxylic acids is 1. The Bertz CT molecular complexity index is 1050. The predicted molar refractivity (Wildman–Crippen MR) is 125 cm³/mol. The number of pyridine rings is 1. The molecule has 2 fully saturated rings. The summed E-state index contributed by atoms with van der Waals surface area (Å²) < 4.78 is 1.96. The van der Waals surface area contributed by atoms with Crippen LogP contribution in [0.4, 0.5) is 0 Å². The summed E-state index contributed by atoms with van der Waals surface area (Å²) in [7, 11) is 0. The smallest absolute Gasteiger partial charge is 0.258 e. The maximum absolute atomic E-state index is 13.2. The highest BCUT2D eigenvalue weighted by Crippen LogP contribution is 2.37. The van der Waals surface area contributed by atoms with E-state index in [1.54, 1.807) is 0 Å². The van der Waals surface area contributed by atoms with Crippen LogP contribution in [0, 0.1) is 11.8 Å². The summed E-state index contributed by atoms with van der Waals surface area (Å²) in [6.07, 6.45) is 10.6. The van der Waals surface area contributed by atoms with Crippen molar-refractivity contribution >= 4 is 29.7 Å². The van der Waals surface area contributed by atoms with Gasteiger partial charge in [-0.15, -0.1) is 0 Å². The molecule has 31 heavy (non-hydrogen) atoms. The van der Waals surface area contributed by atoms with Gasteiger partial charge in [-0.2, -0.15) is 0 Å². The molecule has 1 saturated carbocycles. The normalized spacial score (nSPS) is 23.7. The lowest BCUT2D eigenvalue weighted by Gasteiger charge is -2.44. The number of carbonyl (C=O) groups is 1. The number of rotatable bonds is 3. The summed E-state index contributed by atoms with van der Waals surface area (Å²) in [5.41, 5.74) is 2.88. The van der Waals surface area contributed by atoms with Gasteiger partial charge < -0.3 is 9.47 Å². The van der Waals surface area contributed by atoms with Crippen LogP contribution in [-0.2, 0) is 11.3 Å². The number of hydrogen-bond acceptors (Lipinski definition) is 2. The molecule has 0 unspecified atom stereocenters. The summed E-state index contributed by atoms with van der Waals surface area (Å²) in [5.74, 6) is 1.21. The minimum atomic E-state index is 0.0736. The van der Waals surface area contributed by atoms with Gasteiger partial charge in [-0.05, 0) is 61.1 Å². The van der Waals surface area contributed by atoms with Gasteiger partial charge in [0.15, 0.2) is 0 Å². The number of piperidine rings is 1. The number of nitrogens with zero attached hydrogens (tertiary/aromatic N) is 2. The van der Waals surface area contributed by atoms with Crippen molar-refractivity contribution in [3.63, 3.8) is 0 Å². The van der Waals surface area contributed by atoms with Crippen molar-refractivity contribution in [2.24, 2.45) is 11.8 Å². The first-order chi connectivity index (χ1) is 15.1. The Labute approximate surface area is 188 Å². The number of fused-ring (bicyclic) bond motifs is 4. The first-order valence-electron chi connectivity index (χ1n) is 11.5. The molecule has 2 atom stereocenters. The van der Waals surface area contributed by atoms with E-state index in [1.807, 2.05) is 47.1 Å². The van der Waals surface area contributed by atoms with E-state index in [4.69, 9.17) is 11.6 Å². The van der Waals surface area contributed by atoms with E-state index in [1.165, 1.54) is 19.3 Å². The van der Waals surface area contributed by atoms with Gasteiger partial charge in [0.05, 0.1) is 0 Å². The third-order valence-corrected chi connectivity index (χ3v) is 7.48. The molecule has 2 aromatic rings. The van der Waals surface area contributed by atoms with E-state index in [0.29, 0.717) is 29.0 Å². The molecule has 0 N–H and O–H groups in total. The molecule has 0 radical (unpaired) electrons. The van der Waals surface area contributed by atoms with Crippen LogP contribution >= 0.6 is 11.6 Å². The number of aromatic nitrogens is 1. The maximum Gasteiger partial charge on any atom is 0.258 e. The minimum absolute atomic E-state index is 0.0736. The van der Waals surface area contributed by atoms with Gasteiger partial charge in [0.1, 0.15) is 0 Å². The lowest BCUT2D eigenvalue weighted by atomic mass is 9.81. The molecule has 1 aliphatic carbocycles. The Hall–Kier alpha value is -2.33. The van der Waals surface area contributed by atoms with Crippen molar-refractivity contribution in [2.75, 3.05) is 13.1 Å². The van der Waals surface area contributed by atoms with E-state index >= 15 is 0 Å². The molecule has 1 aromatic carbocycles. The highest BCUT2D eigenvalue weighted by atomic mass is 35.5. The van der Waals surface area contributed by atoms with E-state index in [9.17, 15) is 9.59 Å². The van der Waals surface area contributed by atoms with Crippen LogP contribution in [0.5, 0.6) is 0 Å². The van der Waals surface area contributed by atoms with Gasteiger partial charge in [0.2, 0.25) is 5.91 Å². The summed E-state index contributed by atoms with van der Waals surface area (Å²) in [4.78, 5) is 28.4. The van der Waals surface area contributed by atoms with Crippen LogP contribution in [0.15, 0.2) is 41.2 Å². The van der Waals surface area contributed by atoms with Crippen molar-refractivity contribution in [2.45, 2.75) is 51.0 Å². The summed E-state index contributed by atoms with van der Waals surface area (Å²) in [6.45, 7) is 2.26. The molecule has 5 rings (SSSR count). The van der Waals surface area contributed by atoms with Crippen molar-refractivity contribution in [1.82, 2.24) is 9.47 Å². The number of halogens is 1. The summed E-state index contributed by atoms with van der Waals surface area (Å²) >= 11 is 5.95. The van der Waals surface area contributed by atoms with Gasteiger partial charge in [-0.3, -0.25) is 9.59 Å². The van der Waals surface area contributed by atoms with E-state index < -0.39 is 0 Å². The topological polar surface area (TPSA) is 42.3 Å². The zero-order chi connectivity index (χ0) is 21.4. The highest BCUT2D eigenvalue weighted by molar-refractivity contribution is 6.30. The molecule has 5 heteroatoms. The fourth-order valence-electron chi connectivity index (χ4n) is 5.64. The Balaban J connectivity index is 1.36. The number of hydrogen-bond donors (Lipinski definition) is 0. The summed E-state index contributed by atoms with van der Waals surface area (Å²) in [5, 5.41) is 0.702. The maximum atomic E-state index is 13.2.